The third-order valence-corrected chi connectivity index (χ3v) is 7.75. The van der Waals surface area contributed by atoms with Gasteiger partial charge in [0.2, 0.25) is 0 Å². The molecule has 0 aliphatic carbocycles. The summed E-state index contributed by atoms with van der Waals surface area (Å²) in [6.45, 7) is 0. The van der Waals surface area contributed by atoms with E-state index in [-0.39, 0.29) is 29.1 Å². The first-order valence-electron chi connectivity index (χ1n) is 11.4. The number of carbonyl (C=O) groups is 1. The molecular formula is C26H19FN6O2S2. The van der Waals surface area contributed by atoms with Gasteiger partial charge >= 0.3 is 0 Å². The van der Waals surface area contributed by atoms with Crippen molar-refractivity contribution in [2.75, 3.05) is 5.75 Å². The molecule has 0 radical (unpaired) electrons. The van der Waals surface area contributed by atoms with E-state index in [0.717, 1.165) is 33.6 Å². The Labute approximate surface area is 218 Å². The lowest BCUT2D eigenvalue weighted by molar-refractivity contribution is -0.130. The molecule has 5 aromatic rings. The van der Waals surface area contributed by atoms with Crippen LogP contribution >= 0.6 is 23.1 Å². The van der Waals surface area contributed by atoms with Crippen LogP contribution in [0.1, 0.15) is 22.9 Å². The maximum atomic E-state index is 13.5. The molecule has 184 valence electrons. The third-order valence-electron chi connectivity index (χ3n) is 5.98. The number of nitrogens with one attached hydrogen (secondary N) is 1. The molecule has 8 nitrogen and oxygen atoms in total. The number of aromatic amines is 1. The Bertz CT molecular complexity index is 1660. The normalized spacial score (nSPS) is 15.3. The van der Waals surface area contributed by atoms with E-state index in [2.05, 4.69) is 20.2 Å². The molecule has 1 aliphatic rings. The number of halogens is 1. The summed E-state index contributed by atoms with van der Waals surface area (Å²) in [5, 5.41) is 13.0. The van der Waals surface area contributed by atoms with Crippen LogP contribution in [0.4, 0.5) is 4.39 Å². The number of hydrazone groups is 1. The largest absolute Gasteiger partial charge is 0.301 e. The maximum absolute atomic E-state index is 13.5. The second kappa shape index (κ2) is 9.75. The summed E-state index contributed by atoms with van der Waals surface area (Å²) in [5.41, 5.74) is 2.47. The van der Waals surface area contributed by atoms with Crippen LogP contribution in [0.5, 0.6) is 0 Å². The highest BCUT2D eigenvalue weighted by Crippen LogP contribution is 2.34. The highest BCUT2D eigenvalue weighted by Gasteiger charge is 2.33. The van der Waals surface area contributed by atoms with E-state index in [0.29, 0.717) is 22.6 Å². The smallest absolute Gasteiger partial charge is 0.262 e. The fourth-order valence-corrected chi connectivity index (χ4v) is 5.63. The molecule has 0 bridgehead atoms. The molecule has 3 aromatic heterocycles. The van der Waals surface area contributed by atoms with Crippen molar-refractivity contribution in [3.63, 3.8) is 0 Å². The molecule has 0 spiro atoms. The molecule has 1 unspecified atom stereocenters. The van der Waals surface area contributed by atoms with E-state index in [1.807, 2.05) is 47.8 Å². The Morgan fingerprint density at radius 2 is 1.92 bits per heavy atom. The van der Waals surface area contributed by atoms with Crippen LogP contribution in [0.3, 0.4) is 0 Å². The summed E-state index contributed by atoms with van der Waals surface area (Å²) >= 11 is 2.68. The molecule has 4 heterocycles. The number of H-pyrrole nitrogens is 1. The average molecular weight is 531 g/mol. The third kappa shape index (κ3) is 4.58. The Balaban J connectivity index is 1.27. The maximum Gasteiger partial charge on any atom is 0.262 e. The molecule has 1 atom stereocenters. The van der Waals surface area contributed by atoms with Gasteiger partial charge in [0.1, 0.15) is 11.2 Å². The lowest BCUT2D eigenvalue weighted by Gasteiger charge is -2.21. The minimum Gasteiger partial charge on any atom is -0.301 e. The van der Waals surface area contributed by atoms with Crippen molar-refractivity contribution >= 4 is 45.8 Å². The van der Waals surface area contributed by atoms with Crippen LogP contribution in [0, 0.1) is 5.82 Å². The van der Waals surface area contributed by atoms with Crippen molar-refractivity contribution in [1.29, 1.82) is 0 Å². The van der Waals surface area contributed by atoms with Crippen LogP contribution in [-0.4, -0.2) is 42.1 Å². The first-order valence-corrected chi connectivity index (χ1v) is 13.3. The SMILES string of the molecule is O=C(CSc1nc2c(cnn2-c2ccccc2)c(=O)[nH]1)N1N=C(c2cccs2)CC1c1ccc(F)cc1. The molecule has 2 aromatic carbocycles. The average Bonchev–Trinajstić information content (AvgIpc) is 3.68. The zero-order chi connectivity index (χ0) is 25.4. The Morgan fingerprint density at radius 1 is 1.11 bits per heavy atom. The monoisotopic (exact) mass is 530 g/mol. The quantitative estimate of drug-likeness (QED) is 0.252. The first kappa shape index (κ1) is 23.3. The second-order valence-electron chi connectivity index (χ2n) is 8.32. The van der Waals surface area contributed by atoms with Gasteiger partial charge in [-0.15, -0.1) is 11.3 Å². The van der Waals surface area contributed by atoms with Gasteiger partial charge in [-0.05, 0) is 41.3 Å². The number of rotatable bonds is 6. The highest BCUT2D eigenvalue weighted by molar-refractivity contribution is 7.99. The van der Waals surface area contributed by atoms with Gasteiger partial charge in [-0.2, -0.15) is 10.2 Å². The summed E-state index contributed by atoms with van der Waals surface area (Å²) in [6, 6.07) is 19.1. The van der Waals surface area contributed by atoms with Gasteiger partial charge in [0.25, 0.3) is 11.5 Å². The number of nitrogens with zero attached hydrogens (tertiary/aromatic N) is 5. The first-order chi connectivity index (χ1) is 18.1. The van der Waals surface area contributed by atoms with Gasteiger partial charge in [-0.25, -0.2) is 19.1 Å². The van der Waals surface area contributed by atoms with Crippen molar-refractivity contribution in [1.82, 2.24) is 24.8 Å². The van der Waals surface area contributed by atoms with Crippen LogP contribution < -0.4 is 5.56 Å². The molecule has 0 saturated heterocycles. The van der Waals surface area contributed by atoms with Crippen LogP contribution in [0.2, 0.25) is 0 Å². The fraction of sp³-hybridized carbons (Fsp3) is 0.115. The van der Waals surface area contributed by atoms with Gasteiger partial charge in [-0.1, -0.05) is 48.2 Å². The number of thioether (sulfide) groups is 1. The number of amides is 1. The molecular weight excluding hydrogens is 511 g/mol. The Morgan fingerprint density at radius 3 is 2.68 bits per heavy atom. The van der Waals surface area contributed by atoms with Gasteiger partial charge in [0.15, 0.2) is 10.8 Å². The number of aromatic nitrogens is 4. The summed E-state index contributed by atoms with van der Waals surface area (Å²) < 4.78 is 15.1. The van der Waals surface area contributed by atoms with Gasteiger partial charge < -0.3 is 4.98 Å². The van der Waals surface area contributed by atoms with Gasteiger partial charge in [0, 0.05) is 6.42 Å². The van der Waals surface area contributed by atoms with Crippen molar-refractivity contribution in [3.05, 3.63) is 105 Å². The standard InChI is InChI=1S/C26H19FN6O2S2/c27-17-10-8-16(9-11-17)21-13-20(22-7-4-12-36-22)31-33(21)23(34)15-37-26-29-24-19(25(35)30-26)14-28-32(24)18-5-2-1-3-6-18/h1-12,14,21H,13,15H2,(H,29,30,35). The Hall–Kier alpha value is -4.09. The van der Waals surface area contributed by atoms with E-state index in [1.165, 1.54) is 23.3 Å². The lowest BCUT2D eigenvalue weighted by atomic mass is 10.0. The number of hydrogen-bond donors (Lipinski definition) is 1. The van der Waals surface area contributed by atoms with Crippen LogP contribution in [0.15, 0.2) is 93.4 Å². The van der Waals surface area contributed by atoms with E-state index >= 15 is 0 Å². The van der Waals surface area contributed by atoms with E-state index in [4.69, 9.17) is 0 Å². The minimum absolute atomic E-state index is 0.00678. The predicted molar refractivity (Wildman–Crippen MR) is 142 cm³/mol. The molecule has 11 heteroatoms. The molecule has 0 saturated carbocycles. The second-order valence-corrected chi connectivity index (χ2v) is 10.2. The number of hydrogen-bond acceptors (Lipinski definition) is 7. The molecule has 1 N–H and O–H groups in total. The highest BCUT2D eigenvalue weighted by atomic mass is 32.2. The number of carbonyl (C=O) groups excluding carboxylic acids is 1. The van der Waals surface area contributed by atoms with Gasteiger partial charge in [0.05, 0.1) is 34.3 Å². The van der Waals surface area contributed by atoms with Crippen molar-refractivity contribution in [2.24, 2.45) is 5.10 Å². The van der Waals surface area contributed by atoms with Crippen molar-refractivity contribution < 1.29 is 9.18 Å². The van der Waals surface area contributed by atoms with Crippen molar-refractivity contribution in [2.45, 2.75) is 17.6 Å². The molecule has 0 fully saturated rings. The summed E-state index contributed by atoms with van der Waals surface area (Å²) in [5.74, 6) is -0.577. The summed E-state index contributed by atoms with van der Waals surface area (Å²) in [6.07, 6.45) is 2.01. The molecule has 1 amide bonds. The summed E-state index contributed by atoms with van der Waals surface area (Å²) in [7, 11) is 0. The lowest BCUT2D eigenvalue weighted by Crippen LogP contribution is -2.28. The van der Waals surface area contributed by atoms with E-state index in [9.17, 15) is 14.0 Å². The van der Waals surface area contributed by atoms with Crippen molar-refractivity contribution in [3.8, 4) is 5.69 Å². The van der Waals surface area contributed by atoms with E-state index < -0.39 is 0 Å². The van der Waals surface area contributed by atoms with Gasteiger partial charge in [-0.3, -0.25) is 9.59 Å². The number of thiophene rings is 1. The van der Waals surface area contributed by atoms with Crippen LogP contribution in [0.25, 0.3) is 16.7 Å². The number of para-hydroxylation sites is 1. The zero-order valence-corrected chi connectivity index (χ0v) is 20.9. The minimum atomic E-state index is -0.347. The Kier molecular flexibility index (Phi) is 6.15. The zero-order valence-electron chi connectivity index (χ0n) is 19.2. The fourth-order valence-electron chi connectivity index (χ4n) is 4.20. The molecule has 6 rings (SSSR count). The topological polar surface area (TPSA) is 96.2 Å². The van der Waals surface area contributed by atoms with Crippen LogP contribution in [-0.2, 0) is 4.79 Å². The summed E-state index contributed by atoms with van der Waals surface area (Å²) in [4.78, 5) is 34.3. The van der Waals surface area contributed by atoms with E-state index in [1.54, 1.807) is 28.2 Å². The predicted octanol–water partition coefficient (Wildman–Crippen LogP) is 4.78. The number of benzene rings is 2. The number of fused-ring (bicyclic) bond motifs is 1. The molecule has 37 heavy (non-hydrogen) atoms. The molecule has 1 aliphatic heterocycles.